The molecule has 2 aliphatic rings. The monoisotopic (exact) mass is 340 g/mol. The van der Waals surface area contributed by atoms with Gasteiger partial charge in [-0.15, -0.1) is 0 Å². The highest BCUT2D eigenvalue weighted by Gasteiger charge is 2.41. The van der Waals surface area contributed by atoms with Gasteiger partial charge in [0.25, 0.3) is 0 Å². The van der Waals surface area contributed by atoms with Gasteiger partial charge in [-0.1, -0.05) is 44.2 Å². The second-order valence-corrected chi connectivity index (χ2v) is 7.71. The number of amides is 2. The van der Waals surface area contributed by atoms with Crippen molar-refractivity contribution in [3.8, 4) is 0 Å². The van der Waals surface area contributed by atoms with Crippen LogP contribution in [0.25, 0.3) is 6.08 Å². The van der Waals surface area contributed by atoms with Crippen molar-refractivity contribution in [3.63, 3.8) is 0 Å². The maximum absolute atomic E-state index is 12.2. The Morgan fingerprint density at radius 2 is 2.00 bits per heavy atom. The number of nitrogens with one attached hydrogen (secondary N) is 2. The van der Waals surface area contributed by atoms with Crippen LogP contribution < -0.4 is 10.6 Å². The van der Waals surface area contributed by atoms with Crippen molar-refractivity contribution in [3.05, 3.63) is 42.0 Å². The number of hydrogen-bond donors (Lipinski definition) is 2. The van der Waals surface area contributed by atoms with Gasteiger partial charge < -0.3 is 10.6 Å². The second kappa shape index (κ2) is 7.85. The third-order valence-electron chi connectivity index (χ3n) is 5.65. The van der Waals surface area contributed by atoms with Gasteiger partial charge in [-0.3, -0.25) is 9.59 Å². The van der Waals surface area contributed by atoms with Crippen molar-refractivity contribution >= 4 is 17.9 Å². The number of piperidine rings is 1. The van der Waals surface area contributed by atoms with Crippen LogP contribution in [0.5, 0.6) is 0 Å². The Hall–Kier alpha value is -2.10. The Kier molecular flexibility index (Phi) is 5.57. The van der Waals surface area contributed by atoms with E-state index in [1.54, 1.807) is 6.08 Å². The molecule has 1 aromatic carbocycles. The van der Waals surface area contributed by atoms with E-state index in [4.69, 9.17) is 0 Å². The lowest BCUT2D eigenvalue weighted by molar-refractivity contribution is -0.128. The molecule has 4 heteroatoms. The molecule has 2 fully saturated rings. The molecule has 1 aliphatic carbocycles. The third kappa shape index (κ3) is 4.50. The minimum absolute atomic E-state index is 0.0603. The summed E-state index contributed by atoms with van der Waals surface area (Å²) in [6.45, 7) is 4.42. The van der Waals surface area contributed by atoms with Gasteiger partial charge in [0.2, 0.25) is 11.8 Å². The highest BCUT2D eigenvalue weighted by Crippen LogP contribution is 2.38. The van der Waals surface area contributed by atoms with E-state index in [0.29, 0.717) is 24.2 Å². The molecule has 3 rings (SSSR count). The zero-order valence-corrected chi connectivity index (χ0v) is 15.1. The first-order chi connectivity index (χ1) is 12.0. The molecule has 4 nitrogen and oxygen atoms in total. The highest BCUT2D eigenvalue weighted by atomic mass is 16.2. The van der Waals surface area contributed by atoms with Crippen molar-refractivity contribution in [1.29, 1.82) is 0 Å². The van der Waals surface area contributed by atoms with E-state index < -0.39 is 0 Å². The van der Waals surface area contributed by atoms with Gasteiger partial charge in [0.05, 0.1) is 0 Å². The van der Waals surface area contributed by atoms with Crippen LogP contribution in [0, 0.1) is 17.8 Å². The molecule has 0 aromatic heterocycles. The van der Waals surface area contributed by atoms with Gasteiger partial charge in [-0.25, -0.2) is 0 Å². The van der Waals surface area contributed by atoms with E-state index in [-0.39, 0.29) is 23.9 Å². The standard InChI is InChI=1S/C21H28N2O2/c1-14(2)18-13-21(25)23-19-12-16(9-10-17(18)19)22-20(24)11-8-15-6-4-3-5-7-15/h3-8,11,14,16-19H,9-10,12-13H2,1-2H3,(H,22,24)(H,23,25)/b11-8-. The molecule has 1 heterocycles. The largest absolute Gasteiger partial charge is 0.353 e. The van der Waals surface area contributed by atoms with E-state index >= 15 is 0 Å². The molecule has 0 spiro atoms. The molecule has 2 N–H and O–H groups in total. The number of fused-ring (bicyclic) bond motifs is 1. The van der Waals surface area contributed by atoms with Gasteiger partial charge in [0.1, 0.15) is 0 Å². The summed E-state index contributed by atoms with van der Waals surface area (Å²) in [6, 6.07) is 10.1. The predicted octanol–water partition coefficient (Wildman–Crippen LogP) is 3.15. The summed E-state index contributed by atoms with van der Waals surface area (Å²) in [5.74, 6) is 1.64. The summed E-state index contributed by atoms with van der Waals surface area (Å²) in [5, 5.41) is 6.26. The van der Waals surface area contributed by atoms with Crippen LogP contribution in [-0.2, 0) is 9.59 Å². The summed E-state index contributed by atoms with van der Waals surface area (Å²) in [7, 11) is 0. The van der Waals surface area contributed by atoms with Gasteiger partial charge in [-0.2, -0.15) is 0 Å². The summed E-state index contributed by atoms with van der Waals surface area (Å²) in [5.41, 5.74) is 1.01. The summed E-state index contributed by atoms with van der Waals surface area (Å²) < 4.78 is 0. The third-order valence-corrected chi connectivity index (χ3v) is 5.65. The minimum atomic E-state index is -0.0603. The lowest BCUT2D eigenvalue weighted by Gasteiger charge is -2.45. The van der Waals surface area contributed by atoms with Crippen molar-refractivity contribution < 1.29 is 9.59 Å². The average molecular weight is 340 g/mol. The average Bonchev–Trinajstić information content (AvgIpc) is 2.59. The van der Waals surface area contributed by atoms with Crippen molar-refractivity contribution in [2.75, 3.05) is 0 Å². The zero-order valence-electron chi connectivity index (χ0n) is 15.1. The number of benzene rings is 1. The Morgan fingerprint density at radius 3 is 2.72 bits per heavy atom. The molecule has 1 aromatic rings. The van der Waals surface area contributed by atoms with Gasteiger partial charge in [-0.05, 0) is 48.7 Å². The molecule has 0 bridgehead atoms. The molecule has 2 amide bonds. The minimum Gasteiger partial charge on any atom is -0.353 e. The second-order valence-electron chi connectivity index (χ2n) is 7.71. The highest BCUT2D eigenvalue weighted by molar-refractivity contribution is 5.91. The lowest BCUT2D eigenvalue weighted by atomic mass is 9.67. The Bertz CT molecular complexity index is 639. The maximum Gasteiger partial charge on any atom is 0.244 e. The van der Waals surface area contributed by atoms with E-state index in [1.165, 1.54) is 0 Å². The van der Waals surface area contributed by atoms with Crippen LogP contribution >= 0.6 is 0 Å². The van der Waals surface area contributed by atoms with Gasteiger partial charge >= 0.3 is 0 Å². The number of hydrogen-bond acceptors (Lipinski definition) is 2. The van der Waals surface area contributed by atoms with E-state index in [2.05, 4.69) is 24.5 Å². The van der Waals surface area contributed by atoms with Crippen molar-refractivity contribution in [1.82, 2.24) is 10.6 Å². The molecule has 134 valence electrons. The summed E-state index contributed by atoms with van der Waals surface area (Å²) in [6.07, 6.45) is 6.97. The fourth-order valence-corrected chi connectivity index (χ4v) is 4.35. The predicted molar refractivity (Wildman–Crippen MR) is 99.6 cm³/mol. The van der Waals surface area contributed by atoms with Crippen molar-refractivity contribution in [2.45, 2.75) is 51.6 Å². The molecule has 25 heavy (non-hydrogen) atoms. The van der Waals surface area contributed by atoms with Crippen LogP contribution in [0.4, 0.5) is 0 Å². The number of carbonyl (C=O) groups is 2. The molecule has 1 aliphatic heterocycles. The zero-order chi connectivity index (χ0) is 17.8. The number of carbonyl (C=O) groups excluding carboxylic acids is 2. The van der Waals surface area contributed by atoms with Gasteiger partial charge in [0.15, 0.2) is 0 Å². The maximum atomic E-state index is 12.2. The van der Waals surface area contributed by atoms with Crippen LogP contribution in [0.1, 0.15) is 45.1 Å². The van der Waals surface area contributed by atoms with Crippen LogP contribution in [0.3, 0.4) is 0 Å². The summed E-state index contributed by atoms with van der Waals surface area (Å²) >= 11 is 0. The SMILES string of the molecule is CC(C)C1CC(=O)NC2CC(NC(=O)/C=C\c3ccccc3)CCC21. The molecular weight excluding hydrogens is 312 g/mol. The molecular formula is C21H28N2O2. The quantitative estimate of drug-likeness (QED) is 0.827. The molecule has 1 saturated heterocycles. The van der Waals surface area contributed by atoms with Crippen LogP contribution in [-0.4, -0.2) is 23.9 Å². The molecule has 0 radical (unpaired) electrons. The van der Waals surface area contributed by atoms with Gasteiger partial charge in [0, 0.05) is 24.6 Å². The first-order valence-corrected chi connectivity index (χ1v) is 9.36. The first kappa shape index (κ1) is 17.7. The topological polar surface area (TPSA) is 58.2 Å². The van der Waals surface area contributed by atoms with E-state index in [0.717, 1.165) is 24.8 Å². The van der Waals surface area contributed by atoms with E-state index in [9.17, 15) is 9.59 Å². The lowest BCUT2D eigenvalue weighted by Crippen LogP contribution is -2.56. The summed E-state index contributed by atoms with van der Waals surface area (Å²) in [4.78, 5) is 24.2. The smallest absolute Gasteiger partial charge is 0.244 e. The Labute approximate surface area is 150 Å². The van der Waals surface area contributed by atoms with Crippen LogP contribution in [0.15, 0.2) is 36.4 Å². The first-order valence-electron chi connectivity index (χ1n) is 9.36. The number of rotatable bonds is 4. The molecule has 1 saturated carbocycles. The van der Waals surface area contributed by atoms with Crippen molar-refractivity contribution in [2.24, 2.45) is 17.8 Å². The Balaban J connectivity index is 1.56. The van der Waals surface area contributed by atoms with E-state index in [1.807, 2.05) is 36.4 Å². The Morgan fingerprint density at radius 1 is 1.24 bits per heavy atom. The molecule has 4 atom stereocenters. The fourth-order valence-electron chi connectivity index (χ4n) is 4.35. The fraction of sp³-hybridized carbons (Fsp3) is 0.524. The molecule has 4 unspecified atom stereocenters. The normalized spacial score (nSPS) is 29.3. The van der Waals surface area contributed by atoms with Crippen LogP contribution in [0.2, 0.25) is 0 Å².